The first-order chi connectivity index (χ1) is 11.7. The summed E-state index contributed by atoms with van der Waals surface area (Å²) in [6, 6.07) is 5.72. The molecule has 0 radical (unpaired) electrons. The Kier molecular flexibility index (Phi) is 4.11. The Balaban J connectivity index is 2.32. The molecule has 4 nitrogen and oxygen atoms in total. The van der Waals surface area contributed by atoms with Crippen LogP contribution in [-0.2, 0) is 10.9 Å². The third-order valence-electron chi connectivity index (χ3n) is 3.52. The van der Waals surface area contributed by atoms with Gasteiger partial charge in [-0.05, 0) is 30.3 Å². The maximum atomic E-state index is 13.5. The molecule has 0 aliphatic carbocycles. The highest BCUT2D eigenvalue weighted by Crippen LogP contribution is 2.43. The molecular weight excluding hydrogens is 360 g/mol. The monoisotopic (exact) mass is 370 g/mol. The van der Waals surface area contributed by atoms with E-state index in [-0.39, 0.29) is 26.5 Å². The standard InChI is InChI=1S/C16H10F4N2O2S/c1-24-15(23)13-12(21)11-9(16(18,19)20)6-10(22-14(11)25-13)7-2-4-8(17)5-3-7/h2-6H,21H2,1H3. The predicted molar refractivity (Wildman–Crippen MR) is 85.8 cm³/mol. The van der Waals surface area contributed by atoms with Crippen LogP contribution >= 0.6 is 11.3 Å². The first-order valence-corrected chi connectivity index (χ1v) is 7.68. The number of nitrogens with zero attached hydrogens (tertiary/aromatic N) is 1. The zero-order valence-corrected chi connectivity index (χ0v) is 13.5. The summed E-state index contributed by atoms with van der Waals surface area (Å²) >= 11 is 0.714. The highest BCUT2D eigenvalue weighted by atomic mass is 32.1. The van der Waals surface area contributed by atoms with Crippen LogP contribution in [0, 0.1) is 5.82 Å². The van der Waals surface area contributed by atoms with Gasteiger partial charge in [0.2, 0.25) is 0 Å². The third kappa shape index (κ3) is 3.02. The van der Waals surface area contributed by atoms with Crippen LogP contribution in [0.2, 0.25) is 0 Å². The van der Waals surface area contributed by atoms with E-state index in [4.69, 9.17) is 5.73 Å². The van der Waals surface area contributed by atoms with E-state index in [1.165, 1.54) is 12.1 Å². The highest BCUT2D eigenvalue weighted by Gasteiger charge is 2.36. The Morgan fingerprint density at radius 2 is 1.88 bits per heavy atom. The number of anilines is 1. The molecule has 3 rings (SSSR count). The maximum Gasteiger partial charge on any atom is 0.417 e. The van der Waals surface area contributed by atoms with Crippen molar-refractivity contribution in [3.63, 3.8) is 0 Å². The number of aromatic nitrogens is 1. The highest BCUT2D eigenvalue weighted by molar-refractivity contribution is 7.21. The summed E-state index contributed by atoms with van der Waals surface area (Å²) in [5.41, 5.74) is 4.71. The van der Waals surface area contributed by atoms with Gasteiger partial charge in [-0.15, -0.1) is 11.3 Å². The SMILES string of the molecule is COC(=O)c1sc2nc(-c3ccc(F)cc3)cc(C(F)(F)F)c2c1N. The van der Waals surface area contributed by atoms with Gasteiger partial charge in [-0.2, -0.15) is 13.2 Å². The molecule has 2 heterocycles. The minimum Gasteiger partial charge on any atom is -0.465 e. The van der Waals surface area contributed by atoms with Crippen LogP contribution in [-0.4, -0.2) is 18.1 Å². The zero-order chi connectivity index (χ0) is 18.4. The first kappa shape index (κ1) is 17.2. The molecule has 0 atom stereocenters. The number of hydrogen-bond acceptors (Lipinski definition) is 5. The quantitative estimate of drug-likeness (QED) is 0.533. The normalized spacial score (nSPS) is 11.7. The number of ether oxygens (including phenoxy) is 1. The topological polar surface area (TPSA) is 65.2 Å². The molecule has 1 aromatic carbocycles. The summed E-state index contributed by atoms with van der Waals surface area (Å²) in [4.78, 5) is 15.7. The molecule has 9 heteroatoms. The number of nitrogens with two attached hydrogens (primary N) is 1. The van der Waals surface area contributed by atoms with Crippen molar-refractivity contribution in [1.29, 1.82) is 0 Å². The third-order valence-corrected chi connectivity index (χ3v) is 4.59. The molecule has 130 valence electrons. The Labute approximate surface area is 142 Å². The number of rotatable bonds is 2. The number of halogens is 4. The number of pyridine rings is 1. The van der Waals surface area contributed by atoms with Gasteiger partial charge in [0.15, 0.2) is 0 Å². The van der Waals surface area contributed by atoms with E-state index in [0.29, 0.717) is 16.9 Å². The number of nitrogen functional groups attached to an aromatic ring is 1. The number of carbonyl (C=O) groups is 1. The smallest absolute Gasteiger partial charge is 0.417 e. The van der Waals surface area contributed by atoms with Gasteiger partial charge in [-0.25, -0.2) is 14.2 Å². The molecule has 0 saturated carbocycles. The Morgan fingerprint density at radius 1 is 1.24 bits per heavy atom. The van der Waals surface area contributed by atoms with Crippen LogP contribution in [0.3, 0.4) is 0 Å². The molecule has 0 aliphatic rings. The van der Waals surface area contributed by atoms with Crippen LogP contribution in [0.5, 0.6) is 0 Å². The lowest BCUT2D eigenvalue weighted by molar-refractivity contribution is -0.136. The Hall–Kier alpha value is -2.68. The molecule has 0 saturated heterocycles. The van der Waals surface area contributed by atoms with Crippen molar-refractivity contribution in [2.45, 2.75) is 6.18 Å². The molecular formula is C16H10F4N2O2S. The van der Waals surface area contributed by atoms with Crippen molar-refractivity contribution >= 4 is 33.2 Å². The van der Waals surface area contributed by atoms with Crippen LogP contribution in [0.4, 0.5) is 23.2 Å². The molecule has 2 N–H and O–H groups in total. The van der Waals surface area contributed by atoms with Crippen LogP contribution < -0.4 is 5.73 Å². The number of thiophene rings is 1. The van der Waals surface area contributed by atoms with Gasteiger partial charge in [0, 0.05) is 10.9 Å². The van der Waals surface area contributed by atoms with Gasteiger partial charge in [-0.1, -0.05) is 0 Å². The number of methoxy groups -OCH3 is 1. The first-order valence-electron chi connectivity index (χ1n) is 6.87. The van der Waals surface area contributed by atoms with Crippen molar-refractivity contribution in [2.24, 2.45) is 0 Å². The summed E-state index contributed by atoms with van der Waals surface area (Å²) < 4.78 is 58.1. The average Bonchev–Trinajstić information content (AvgIpc) is 2.90. The molecule has 3 aromatic rings. The second-order valence-corrected chi connectivity index (χ2v) is 6.08. The van der Waals surface area contributed by atoms with Gasteiger partial charge >= 0.3 is 12.1 Å². The van der Waals surface area contributed by atoms with Gasteiger partial charge in [0.25, 0.3) is 0 Å². The molecule has 25 heavy (non-hydrogen) atoms. The molecule has 0 aliphatic heterocycles. The summed E-state index contributed by atoms with van der Waals surface area (Å²) in [6.45, 7) is 0. The molecule has 0 unspecified atom stereocenters. The predicted octanol–water partition coefficient (Wildman–Crippen LogP) is 4.49. The van der Waals surface area contributed by atoms with Crippen LogP contribution in [0.1, 0.15) is 15.2 Å². The van der Waals surface area contributed by atoms with E-state index >= 15 is 0 Å². The number of fused-ring (bicyclic) bond motifs is 1. The van der Waals surface area contributed by atoms with Crippen molar-refractivity contribution in [1.82, 2.24) is 4.98 Å². The van der Waals surface area contributed by atoms with E-state index in [2.05, 4.69) is 9.72 Å². The minimum absolute atomic E-state index is 0.00232. The van der Waals surface area contributed by atoms with E-state index in [0.717, 1.165) is 25.3 Å². The van der Waals surface area contributed by atoms with Crippen LogP contribution in [0.15, 0.2) is 30.3 Å². The lowest BCUT2D eigenvalue weighted by Gasteiger charge is -2.11. The largest absolute Gasteiger partial charge is 0.465 e. The fourth-order valence-corrected chi connectivity index (χ4v) is 3.40. The Morgan fingerprint density at radius 3 is 2.44 bits per heavy atom. The lowest BCUT2D eigenvalue weighted by atomic mass is 10.1. The molecule has 0 fully saturated rings. The van der Waals surface area contributed by atoms with Gasteiger partial charge in [-0.3, -0.25) is 0 Å². The molecule has 2 aromatic heterocycles. The van der Waals surface area contributed by atoms with Crippen molar-refractivity contribution in [3.8, 4) is 11.3 Å². The van der Waals surface area contributed by atoms with E-state index in [1.807, 2.05) is 0 Å². The number of esters is 1. The summed E-state index contributed by atoms with van der Waals surface area (Å²) in [7, 11) is 1.11. The summed E-state index contributed by atoms with van der Waals surface area (Å²) in [6.07, 6.45) is -4.71. The molecule has 0 bridgehead atoms. The van der Waals surface area contributed by atoms with E-state index in [9.17, 15) is 22.4 Å². The zero-order valence-electron chi connectivity index (χ0n) is 12.6. The number of benzene rings is 1. The van der Waals surface area contributed by atoms with Crippen molar-refractivity contribution in [3.05, 3.63) is 46.6 Å². The number of alkyl halides is 3. The van der Waals surface area contributed by atoms with E-state index in [1.54, 1.807) is 0 Å². The summed E-state index contributed by atoms with van der Waals surface area (Å²) in [5.74, 6) is -1.36. The van der Waals surface area contributed by atoms with Crippen molar-refractivity contribution < 1.29 is 27.1 Å². The second kappa shape index (κ2) is 5.99. The number of carbonyl (C=O) groups excluding carboxylic acids is 1. The fourth-order valence-electron chi connectivity index (χ4n) is 2.36. The second-order valence-electron chi connectivity index (χ2n) is 5.08. The fraction of sp³-hybridized carbons (Fsp3) is 0.125. The lowest BCUT2D eigenvalue weighted by Crippen LogP contribution is -2.08. The minimum atomic E-state index is -4.71. The van der Waals surface area contributed by atoms with E-state index < -0.39 is 23.5 Å². The maximum absolute atomic E-state index is 13.5. The number of hydrogen-bond donors (Lipinski definition) is 1. The Bertz CT molecular complexity index is 965. The van der Waals surface area contributed by atoms with Gasteiger partial charge in [0.1, 0.15) is 15.5 Å². The van der Waals surface area contributed by atoms with Crippen molar-refractivity contribution in [2.75, 3.05) is 12.8 Å². The summed E-state index contributed by atoms with van der Waals surface area (Å²) in [5, 5.41) is -0.344. The molecule has 0 amide bonds. The van der Waals surface area contributed by atoms with Gasteiger partial charge in [0.05, 0.1) is 24.1 Å². The van der Waals surface area contributed by atoms with Gasteiger partial charge < -0.3 is 10.5 Å². The molecule has 0 spiro atoms. The van der Waals surface area contributed by atoms with Crippen LogP contribution in [0.25, 0.3) is 21.5 Å². The average molecular weight is 370 g/mol.